The molecule has 2 amide bonds. The van der Waals surface area contributed by atoms with E-state index < -0.39 is 31.7 Å². The maximum Gasteiger partial charge on any atom is 0.296 e. The molecule has 0 bridgehead atoms. The van der Waals surface area contributed by atoms with E-state index in [1.54, 1.807) is 62.4 Å². The molecular formula is C72H108N2O9S2. The van der Waals surface area contributed by atoms with Crippen molar-refractivity contribution >= 4 is 32.1 Å². The number of rotatable bonds is 24. The molecule has 11 nitrogen and oxygen atoms in total. The van der Waals surface area contributed by atoms with Crippen LogP contribution in [0.15, 0.2) is 81.6 Å². The molecule has 2 unspecified atom stereocenters. The third-order valence-electron chi connectivity index (χ3n) is 25.5. The van der Waals surface area contributed by atoms with Gasteiger partial charge in [-0.05, 0) is 248 Å². The summed E-state index contributed by atoms with van der Waals surface area (Å²) in [6.45, 7) is 22.3. The highest BCUT2D eigenvalue weighted by atomic mass is 32.2. The molecule has 85 heavy (non-hydrogen) atoms. The minimum atomic E-state index is -3.95. The molecule has 472 valence electrons. The lowest BCUT2D eigenvalue weighted by atomic mass is 9.46. The molecule has 13 heteroatoms. The van der Waals surface area contributed by atoms with Crippen LogP contribution >= 0.6 is 0 Å². The first-order chi connectivity index (χ1) is 40.3. The number of nitrogens with one attached hydrogen (secondary N) is 2. The predicted molar refractivity (Wildman–Crippen MR) is 338 cm³/mol. The summed E-state index contributed by atoms with van der Waals surface area (Å²) in [5.74, 6) is 5.12. The van der Waals surface area contributed by atoms with Gasteiger partial charge in [0, 0.05) is 25.7 Å². The molecule has 0 aliphatic heterocycles. The number of allylic oxidation sites excluding steroid dienone is 4. The fourth-order valence-corrected chi connectivity index (χ4v) is 22.8. The zero-order valence-corrected chi connectivity index (χ0v) is 55.5. The van der Waals surface area contributed by atoms with Gasteiger partial charge in [0.25, 0.3) is 20.2 Å². The quantitative estimate of drug-likeness (QED) is 0.0452. The monoisotopic (exact) mass is 1210 g/mol. The number of aryl methyl sites for hydroxylation is 2. The molecule has 6 fully saturated rings. The lowest BCUT2D eigenvalue weighted by molar-refractivity contribution is -0.245. The number of benzene rings is 2. The Morgan fingerprint density at radius 2 is 0.906 bits per heavy atom. The van der Waals surface area contributed by atoms with E-state index in [0.717, 1.165) is 86.2 Å². The normalized spacial score (nSPS) is 35.7. The number of hydrogen-bond donors (Lipinski definition) is 2. The molecule has 0 aromatic heterocycles. The molecule has 0 saturated heterocycles. The van der Waals surface area contributed by atoms with Gasteiger partial charge in [-0.1, -0.05) is 126 Å². The summed E-state index contributed by atoms with van der Waals surface area (Å²) in [7, 11) is -7.90. The number of amides is 2. The van der Waals surface area contributed by atoms with Crippen molar-refractivity contribution < 1.29 is 39.5 Å². The molecule has 0 heterocycles. The second-order valence-corrected chi connectivity index (χ2v) is 33.1. The van der Waals surface area contributed by atoms with Crippen LogP contribution in [-0.2, 0) is 42.9 Å². The van der Waals surface area contributed by atoms with Crippen molar-refractivity contribution in [1.82, 2.24) is 10.6 Å². The predicted octanol–water partition coefficient (Wildman–Crippen LogP) is 16.4. The lowest BCUT2D eigenvalue weighted by Crippen LogP contribution is -2.67. The van der Waals surface area contributed by atoms with Crippen molar-refractivity contribution in [2.75, 3.05) is 13.2 Å². The molecule has 10 rings (SSSR count). The fourth-order valence-electron chi connectivity index (χ4n) is 20.9. The van der Waals surface area contributed by atoms with E-state index in [1.807, 2.05) is 13.8 Å². The number of unbranched alkanes of at least 4 members (excludes halogenated alkanes) is 4. The van der Waals surface area contributed by atoms with Crippen LogP contribution in [0.1, 0.15) is 233 Å². The van der Waals surface area contributed by atoms with Crippen LogP contribution in [0.25, 0.3) is 0 Å². The summed E-state index contributed by atoms with van der Waals surface area (Å²) in [6.07, 6.45) is 30.2. The largest absolute Gasteiger partial charge is 0.330 e. The smallest absolute Gasteiger partial charge is 0.296 e. The van der Waals surface area contributed by atoms with Gasteiger partial charge in [0.1, 0.15) is 11.4 Å². The minimum Gasteiger partial charge on any atom is -0.330 e. The van der Waals surface area contributed by atoms with Crippen molar-refractivity contribution in [1.29, 1.82) is 0 Å². The van der Waals surface area contributed by atoms with Gasteiger partial charge in [-0.15, -0.1) is 0 Å². The maximum atomic E-state index is 14.3. The maximum absolute atomic E-state index is 14.3. The highest BCUT2D eigenvalue weighted by molar-refractivity contribution is 7.87. The van der Waals surface area contributed by atoms with Crippen molar-refractivity contribution in [3.63, 3.8) is 0 Å². The SMILES string of the molecule is CC[C@H]1CC[C@H]2[C@@H]3CC=C4C[C@@H](C(CCCCCOS(=O)(=O)c5ccc(C)cc5)(NC(C)=O)OC(CCCCCOS(=O)(=O)c5ccc(C)cc5)(NC(C)=O)[C@H]5CC[C@@]6(C)C(=CC[C@H]7[C@@H]8CC[C@H](CC)[C@@]8(C)CC[C@@H]76)C5)CC[C@]4(C)[C@H]3CC[C@]12C. The molecule has 2 aromatic carbocycles. The second kappa shape index (κ2) is 25.5. The van der Waals surface area contributed by atoms with Crippen molar-refractivity contribution in [2.24, 2.45) is 80.8 Å². The van der Waals surface area contributed by atoms with Crippen molar-refractivity contribution in [2.45, 2.75) is 257 Å². The Hall–Kier alpha value is -3.36. The zero-order valence-electron chi connectivity index (χ0n) is 53.8. The third-order valence-corrected chi connectivity index (χ3v) is 28.2. The lowest BCUT2D eigenvalue weighted by Gasteiger charge is -2.61. The summed E-state index contributed by atoms with van der Waals surface area (Å²) < 4.78 is 72.8. The van der Waals surface area contributed by atoms with Crippen molar-refractivity contribution in [3.8, 4) is 0 Å². The highest BCUT2D eigenvalue weighted by Gasteiger charge is 2.63. The first-order valence-electron chi connectivity index (χ1n) is 33.9. The van der Waals surface area contributed by atoms with Crippen LogP contribution in [0.4, 0.5) is 0 Å². The van der Waals surface area contributed by atoms with E-state index in [2.05, 4.69) is 64.3 Å². The summed E-state index contributed by atoms with van der Waals surface area (Å²) in [5.41, 5.74) is 3.47. The van der Waals surface area contributed by atoms with E-state index in [0.29, 0.717) is 85.9 Å². The molecule has 0 spiro atoms. The Labute approximate surface area is 513 Å². The number of fused-ring (bicyclic) bond motifs is 10. The van der Waals surface area contributed by atoms with Crippen LogP contribution in [0.3, 0.4) is 0 Å². The molecule has 2 N–H and O–H groups in total. The van der Waals surface area contributed by atoms with Gasteiger partial charge >= 0.3 is 0 Å². The van der Waals surface area contributed by atoms with Crippen LogP contribution in [0.2, 0.25) is 0 Å². The van der Waals surface area contributed by atoms with Gasteiger partial charge in [0.15, 0.2) is 0 Å². The summed E-state index contributed by atoms with van der Waals surface area (Å²) in [5, 5.41) is 7.19. The number of carbonyl (C=O) groups excluding carboxylic acids is 2. The minimum absolute atomic E-state index is 0.0311. The van der Waals surface area contributed by atoms with Crippen molar-refractivity contribution in [3.05, 3.63) is 83.0 Å². The molecule has 16 atom stereocenters. The Kier molecular flexibility index (Phi) is 19.4. The molecule has 2 aromatic rings. The first kappa shape index (κ1) is 64.6. The van der Waals surface area contributed by atoms with Crippen LogP contribution < -0.4 is 10.6 Å². The first-order valence-corrected chi connectivity index (χ1v) is 36.8. The van der Waals surface area contributed by atoms with E-state index in [1.165, 1.54) is 75.4 Å². The van der Waals surface area contributed by atoms with Crippen LogP contribution in [0.5, 0.6) is 0 Å². The van der Waals surface area contributed by atoms with E-state index in [9.17, 15) is 26.4 Å². The molecular weight excluding hydrogens is 1100 g/mol. The summed E-state index contributed by atoms with van der Waals surface area (Å²) in [6, 6.07) is 13.5. The van der Waals surface area contributed by atoms with Crippen LogP contribution in [0, 0.1) is 94.7 Å². The summed E-state index contributed by atoms with van der Waals surface area (Å²) >= 11 is 0. The van der Waals surface area contributed by atoms with Gasteiger partial charge in [-0.3, -0.25) is 18.0 Å². The highest BCUT2D eigenvalue weighted by Crippen LogP contribution is 2.70. The number of carbonyl (C=O) groups is 2. The van der Waals surface area contributed by atoms with E-state index in [-0.39, 0.29) is 57.5 Å². The van der Waals surface area contributed by atoms with Gasteiger partial charge in [0.2, 0.25) is 11.8 Å². The van der Waals surface area contributed by atoms with Crippen LogP contribution in [-0.4, -0.2) is 53.3 Å². The topological polar surface area (TPSA) is 154 Å². The van der Waals surface area contributed by atoms with Gasteiger partial charge in [-0.25, -0.2) is 0 Å². The third kappa shape index (κ3) is 12.6. The average Bonchev–Trinajstić information content (AvgIpc) is 1.88. The van der Waals surface area contributed by atoms with E-state index in [4.69, 9.17) is 13.1 Å². The van der Waals surface area contributed by atoms with E-state index >= 15 is 0 Å². The second-order valence-electron chi connectivity index (χ2n) is 29.9. The Bertz CT molecular complexity index is 2800. The molecule has 8 aliphatic rings. The Morgan fingerprint density at radius 3 is 1.27 bits per heavy atom. The number of ether oxygens (including phenoxy) is 1. The zero-order chi connectivity index (χ0) is 60.8. The Morgan fingerprint density at radius 1 is 0.518 bits per heavy atom. The standard InChI is InChI=1S/C72H108N2O9S2/c1-11-53-25-33-63-61-31-23-55-47-57(35-41-69(55,9)65(61)37-43-67(53,63)7)71(73-51(5)75,39-15-13-17-45-81-84(77,78)59-27-19-49(3)20-28-59)83-72(74-52(6)76,40-16-14-18-46-82-85(79,80)60-29-21-50(4)22-30-60)58-36-42-70(10)56(48-58)24-32-62-64-34-26-54(12-2)68(64,8)44-38-66(62)70/h19-24,27-30,53-54,57-58,61-66H,11-18,25-26,31-48H2,1-10H3,(H,73,75)(H,74,76)/t53-,54-,57-,58-,61-,62-,63-,64-,65-,66-,67+,68+,69-,70-,71?,72?/m0/s1. The summed E-state index contributed by atoms with van der Waals surface area (Å²) in [4.78, 5) is 28.9. The molecule has 0 radical (unpaired) electrons. The number of hydrogen-bond acceptors (Lipinski definition) is 9. The fraction of sp³-hybridized carbons (Fsp3) is 0.750. The molecule has 8 aliphatic carbocycles. The van der Waals surface area contributed by atoms with Gasteiger partial charge in [0.05, 0.1) is 23.0 Å². The average molecular weight is 1210 g/mol. The van der Waals surface area contributed by atoms with Gasteiger partial charge in [-0.2, -0.15) is 16.8 Å². The molecule has 6 saturated carbocycles. The Balaban J connectivity index is 0.974. The van der Waals surface area contributed by atoms with Gasteiger partial charge < -0.3 is 15.4 Å².